The Kier molecular flexibility index (Phi) is 13.1. The van der Waals surface area contributed by atoms with Gasteiger partial charge in [0, 0.05) is 44.9 Å². The molecular formula is C24H38F3N5O11. The van der Waals surface area contributed by atoms with Gasteiger partial charge in [-0.25, -0.2) is 9.59 Å². The molecule has 16 nitrogen and oxygen atoms in total. The highest BCUT2D eigenvalue weighted by atomic mass is 19.4. The first-order valence-electron chi connectivity index (χ1n) is 13.6. The molecule has 3 aliphatic heterocycles. The van der Waals surface area contributed by atoms with Gasteiger partial charge in [0.2, 0.25) is 0 Å². The number of morpholine rings is 1. The van der Waals surface area contributed by atoms with Gasteiger partial charge in [-0.05, 0) is 19.5 Å². The van der Waals surface area contributed by atoms with Crippen LogP contribution in [-0.2, 0) is 23.7 Å². The number of carboxylic acid groups (broad SMARTS) is 1. The predicted molar refractivity (Wildman–Crippen MR) is 139 cm³/mol. The van der Waals surface area contributed by atoms with Gasteiger partial charge < -0.3 is 50.4 Å². The molecule has 0 aromatic carbocycles. The van der Waals surface area contributed by atoms with Crippen molar-refractivity contribution in [3.05, 3.63) is 33.1 Å². The number of aliphatic hydroxyl groups is 3. The molecule has 0 unspecified atom stereocenters. The molecule has 8 atom stereocenters. The van der Waals surface area contributed by atoms with Crippen molar-refractivity contribution in [2.45, 2.75) is 68.2 Å². The predicted octanol–water partition coefficient (Wildman–Crippen LogP) is -3.08. The van der Waals surface area contributed by atoms with Crippen LogP contribution in [0.3, 0.4) is 0 Å². The molecule has 4 heterocycles. The molecule has 43 heavy (non-hydrogen) atoms. The summed E-state index contributed by atoms with van der Waals surface area (Å²) in [5.74, 6) is -2.76. The summed E-state index contributed by atoms with van der Waals surface area (Å²) >= 11 is 0. The summed E-state index contributed by atoms with van der Waals surface area (Å²) in [6.07, 6.45) is -10.6. The van der Waals surface area contributed by atoms with E-state index in [1.807, 2.05) is 0 Å². The van der Waals surface area contributed by atoms with Gasteiger partial charge in [0.15, 0.2) is 12.5 Å². The number of aromatic nitrogens is 2. The number of aromatic amines is 1. The molecule has 3 saturated heterocycles. The molecule has 0 spiro atoms. The molecule has 0 amide bonds. The number of nitrogens with zero attached hydrogens (tertiary/aromatic N) is 2. The Hall–Kier alpha value is -2.46. The smallest absolute Gasteiger partial charge is 0.475 e. The summed E-state index contributed by atoms with van der Waals surface area (Å²) in [6, 6.07) is 1.17. The van der Waals surface area contributed by atoms with Crippen LogP contribution in [0.5, 0.6) is 0 Å². The van der Waals surface area contributed by atoms with Crippen LogP contribution in [0, 0.1) is 0 Å². The fourth-order valence-electron chi connectivity index (χ4n) is 4.76. The highest BCUT2D eigenvalue weighted by Crippen LogP contribution is 2.32. The number of carbonyl (C=O) groups is 1. The number of nitrogens with two attached hydrogens (primary N) is 1. The number of ether oxygens (including phenoxy) is 4. The summed E-state index contributed by atoms with van der Waals surface area (Å²) in [4.78, 5) is 37.0. The van der Waals surface area contributed by atoms with Gasteiger partial charge >= 0.3 is 17.8 Å². The van der Waals surface area contributed by atoms with E-state index in [0.717, 1.165) is 43.8 Å². The maximum Gasteiger partial charge on any atom is 0.490 e. The highest BCUT2D eigenvalue weighted by Gasteiger charge is 2.47. The molecule has 246 valence electrons. The van der Waals surface area contributed by atoms with Crippen LogP contribution in [0.4, 0.5) is 13.2 Å². The average molecular weight is 630 g/mol. The summed E-state index contributed by atoms with van der Waals surface area (Å²) in [5.41, 5.74) is 4.36. The Balaban J connectivity index is 0.000000646. The second kappa shape index (κ2) is 16.0. The van der Waals surface area contributed by atoms with E-state index in [0.29, 0.717) is 13.1 Å². The fraction of sp³-hybridized carbons (Fsp3) is 0.792. The van der Waals surface area contributed by atoms with Crippen LogP contribution in [0.2, 0.25) is 0 Å². The van der Waals surface area contributed by atoms with Crippen molar-refractivity contribution in [3.8, 4) is 0 Å². The number of carboxylic acids is 1. The van der Waals surface area contributed by atoms with Crippen molar-refractivity contribution < 1.29 is 57.3 Å². The van der Waals surface area contributed by atoms with Gasteiger partial charge in [0.1, 0.15) is 24.4 Å². The number of H-pyrrole nitrogens is 1. The minimum Gasteiger partial charge on any atom is -0.475 e. The van der Waals surface area contributed by atoms with Crippen molar-refractivity contribution in [1.29, 1.82) is 0 Å². The van der Waals surface area contributed by atoms with E-state index < -0.39 is 72.5 Å². The quantitative estimate of drug-likeness (QED) is 0.120. The van der Waals surface area contributed by atoms with E-state index in [2.05, 4.69) is 15.2 Å². The minimum absolute atomic E-state index is 0.0123. The zero-order valence-electron chi connectivity index (χ0n) is 23.1. The lowest BCUT2D eigenvalue weighted by Gasteiger charge is -2.29. The van der Waals surface area contributed by atoms with Crippen molar-refractivity contribution in [1.82, 2.24) is 19.8 Å². The number of aliphatic hydroxyl groups excluding tert-OH is 3. The molecule has 1 aromatic heterocycles. The number of aliphatic carboxylic acids is 1. The van der Waals surface area contributed by atoms with Crippen LogP contribution in [0.1, 0.15) is 19.1 Å². The lowest BCUT2D eigenvalue weighted by molar-refractivity contribution is -0.213. The van der Waals surface area contributed by atoms with Crippen LogP contribution in [0.15, 0.2) is 21.9 Å². The molecule has 0 radical (unpaired) electrons. The SMILES string of the molecule is NC[C@H]1O[C@@H](O[C@@H](CNCCCN2CCOCC2)[C@@H]2C[C@@H](O)[C@H](n3ccc(=O)[nH]c3=O)O2)[C@H](O)[C@@H]1O.O=C(O)C(F)(F)F. The van der Waals surface area contributed by atoms with Crippen LogP contribution < -0.4 is 22.3 Å². The van der Waals surface area contributed by atoms with Crippen molar-refractivity contribution >= 4 is 5.97 Å². The molecule has 0 bridgehead atoms. The summed E-state index contributed by atoms with van der Waals surface area (Å²) in [5, 5.41) is 41.6. The Morgan fingerprint density at radius 2 is 1.86 bits per heavy atom. The second-order valence-electron chi connectivity index (χ2n) is 10.1. The molecule has 19 heteroatoms. The molecule has 0 saturated carbocycles. The zero-order chi connectivity index (χ0) is 31.7. The largest absolute Gasteiger partial charge is 0.490 e. The van der Waals surface area contributed by atoms with E-state index in [-0.39, 0.29) is 13.0 Å². The summed E-state index contributed by atoms with van der Waals surface area (Å²) < 4.78 is 55.8. The maximum atomic E-state index is 12.2. The van der Waals surface area contributed by atoms with Gasteiger partial charge in [-0.1, -0.05) is 0 Å². The third-order valence-corrected chi connectivity index (χ3v) is 7.04. The number of rotatable bonds is 11. The molecule has 3 fully saturated rings. The standard InChI is InChI=1S/C22H37N5O9.C2HF3O2/c23-11-15-18(30)19(31)21(35-15)36-16(12-24-3-1-4-26-6-8-33-9-7-26)14-10-13(28)20(34-14)27-5-2-17(29)25-22(27)32;3-2(4,5)1(6)7/h2,5,13-16,18-21,24,28,30-31H,1,3-4,6-12,23H2,(H,25,29,32);(H,6,7)/t13-,14+,15-,16+,18-,19-,20-,21+;/m1./s1. The fourth-order valence-corrected chi connectivity index (χ4v) is 4.76. The molecule has 0 aliphatic carbocycles. The van der Waals surface area contributed by atoms with Crippen molar-refractivity contribution in [2.75, 3.05) is 52.5 Å². The van der Waals surface area contributed by atoms with Crippen LogP contribution in [0.25, 0.3) is 0 Å². The van der Waals surface area contributed by atoms with Gasteiger partial charge in [-0.15, -0.1) is 0 Å². The molecular weight excluding hydrogens is 591 g/mol. The van der Waals surface area contributed by atoms with Gasteiger partial charge in [-0.3, -0.25) is 19.2 Å². The van der Waals surface area contributed by atoms with E-state index in [9.17, 15) is 38.1 Å². The van der Waals surface area contributed by atoms with Crippen LogP contribution in [-0.4, -0.2) is 142 Å². The Morgan fingerprint density at radius 1 is 1.19 bits per heavy atom. The Bertz CT molecular complexity index is 1130. The van der Waals surface area contributed by atoms with Crippen molar-refractivity contribution in [3.63, 3.8) is 0 Å². The number of hydrogen-bond donors (Lipinski definition) is 7. The molecule has 1 aromatic rings. The minimum atomic E-state index is -5.08. The molecule has 3 aliphatic rings. The normalized spacial score (nSPS) is 30.5. The first-order valence-corrected chi connectivity index (χ1v) is 13.6. The highest BCUT2D eigenvalue weighted by molar-refractivity contribution is 5.73. The number of halogens is 3. The maximum absolute atomic E-state index is 12.2. The van der Waals surface area contributed by atoms with E-state index in [1.165, 1.54) is 12.3 Å². The van der Waals surface area contributed by atoms with Crippen LogP contribution >= 0.6 is 0 Å². The lowest BCUT2D eigenvalue weighted by atomic mass is 10.1. The number of nitrogens with one attached hydrogen (secondary N) is 2. The number of alkyl halides is 3. The summed E-state index contributed by atoms with van der Waals surface area (Å²) in [7, 11) is 0. The summed E-state index contributed by atoms with van der Waals surface area (Å²) in [6.45, 7) is 5.23. The van der Waals surface area contributed by atoms with E-state index >= 15 is 0 Å². The van der Waals surface area contributed by atoms with E-state index in [4.69, 9.17) is 34.6 Å². The lowest BCUT2D eigenvalue weighted by Crippen LogP contribution is -2.45. The topological polar surface area (TPSA) is 231 Å². The monoisotopic (exact) mass is 629 g/mol. The van der Waals surface area contributed by atoms with Crippen molar-refractivity contribution in [2.24, 2.45) is 5.73 Å². The third kappa shape index (κ3) is 10.0. The Morgan fingerprint density at radius 3 is 2.44 bits per heavy atom. The second-order valence-corrected chi connectivity index (χ2v) is 10.1. The Labute approximate surface area is 243 Å². The van der Waals surface area contributed by atoms with Gasteiger partial charge in [0.25, 0.3) is 5.56 Å². The van der Waals surface area contributed by atoms with Gasteiger partial charge in [-0.2, -0.15) is 13.2 Å². The first-order chi connectivity index (χ1) is 20.3. The average Bonchev–Trinajstić information content (AvgIpc) is 3.46. The third-order valence-electron chi connectivity index (χ3n) is 7.04. The van der Waals surface area contributed by atoms with E-state index in [1.54, 1.807) is 0 Å². The molecule has 4 rings (SSSR count). The number of hydrogen-bond acceptors (Lipinski definition) is 13. The van der Waals surface area contributed by atoms with Gasteiger partial charge in [0.05, 0.1) is 25.4 Å². The molecule has 8 N–H and O–H groups in total. The first kappa shape index (κ1) is 35.0. The zero-order valence-corrected chi connectivity index (χ0v) is 23.1.